The minimum atomic E-state index is 0.398. The lowest BCUT2D eigenvalue weighted by atomic mass is 10.1. The lowest BCUT2D eigenvalue weighted by Gasteiger charge is -2.30. The molecule has 2 aromatic rings. The SMILES string of the molecule is COc1ccc(CCN(C)CCCN(c2ccc(OC)c(OC)c2)C(C)C)cc1OC. The van der Waals surface area contributed by atoms with E-state index in [-0.39, 0.29) is 0 Å². The van der Waals surface area contributed by atoms with Gasteiger partial charge in [0.2, 0.25) is 0 Å². The monoisotopic (exact) mass is 430 g/mol. The van der Waals surface area contributed by atoms with Crippen molar-refractivity contribution in [2.75, 3.05) is 60.0 Å². The largest absolute Gasteiger partial charge is 0.493 e. The van der Waals surface area contributed by atoms with Gasteiger partial charge in [-0.3, -0.25) is 0 Å². The molecule has 0 spiro atoms. The van der Waals surface area contributed by atoms with Crippen LogP contribution in [0.1, 0.15) is 25.8 Å². The Morgan fingerprint density at radius 1 is 0.710 bits per heavy atom. The zero-order chi connectivity index (χ0) is 22.8. The maximum atomic E-state index is 5.48. The highest BCUT2D eigenvalue weighted by Crippen LogP contribution is 2.32. The van der Waals surface area contributed by atoms with Crippen LogP contribution in [0.15, 0.2) is 36.4 Å². The summed E-state index contributed by atoms with van der Waals surface area (Å²) in [7, 11) is 8.85. The molecule has 6 heteroatoms. The Hall–Kier alpha value is -2.60. The summed E-state index contributed by atoms with van der Waals surface area (Å²) in [5.74, 6) is 3.07. The van der Waals surface area contributed by atoms with Crippen LogP contribution in [0.4, 0.5) is 5.69 Å². The number of methoxy groups -OCH3 is 4. The molecule has 0 atom stereocenters. The molecule has 0 aliphatic carbocycles. The fourth-order valence-corrected chi connectivity index (χ4v) is 3.67. The first-order chi connectivity index (χ1) is 14.9. The fourth-order valence-electron chi connectivity index (χ4n) is 3.67. The van der Waals surface area contributed by atoms with Gasteiger partial charge in [0.1, 0.15) is 0 Å². The smallest absolute Gasteiger partial charge is 0.162 e. The Balaban J connectivity index is 1.88. The second-order valence-electron chi connectivity index (χ2n) is 7.92. The normalized spacial score (nSPS) is 11.0. The topological polar surface area (TPSA) is 43.4 Å². The third-order valence-electron chi connectivity index (χ3n) is 5.49. The second kappa shape index (κ2) is 12.3. The summed E-state index contributed by atoms with van der Waals surface area (Å²) in [6.45, 7) is 7.44. The first-order valence-electron chi connectivity index (χ1n) is 10.8. The van der Waals surface area contributed by atoms with Gasteiger partial charge in [0.25, 0.3) is 0 Å². The molecule has 0 N–H and O–H groups in total. The van der Waals surface area contributed by atoms with Gasteiger partial charge in [0.15, 0.2) is 23.0 Å². The molecule has 0 fully saturated rings. The van der Waals surface area contributed by atoms with Gasteiger partial charge in [-0.15, -0.1) is 0 Å². The Kier molecular flexibility index (Phi) is 9.79. The molecule has 0 aliphatic rings. The van der Waals surface area contributed by atoms with Gasteiger partial charge in [-0.25, -0.2) is 0 Å². The van der Waals surface area contributed by atoms with E-state index in [1.54, 1.807) is 28.4 Å². The highest BCUT2D eigenvalue weighted by Gasteiger charge is 2.14. The molecule has 0 unspecified atom stereocenters. The summed E-state index contributed by atoms with van der Waals surface area (Å²) in [6.07, 6.45) is 2.05. The molecular weight excluding hydrogens is 392 g/mol. The predicted octanol–water partition coefficient (Wildman–Crippen LogP) is 4.50. The van der Waals surface area contributed by atoms with Crippen molar-refractivity contribution in [1.29, 1.82) is 0 Å². The Bertz CT molecular complexity index is 810. The van der Waals surface area contributed by atoms with E-state index in [1.165, 1.54) is 5.56 Å². The number of benzene rings is 2. The molecule has 172 valence electrons. The van der Waals surface area contributed by atoms with Crippen molar-refractivity contribution >= 4 is 5.69 Å². The number of rotatable bonds is 13. The van der Waals surface area contributed by atoms with Gasteiger partial charge in [0.05, 0.1) is 28.4 Å². The third-order valence-corrected chi connectivity index (χ3v) is 5.49. The summed E-state index contributed by atoms with van der Waals surface area (Å²) >= 11 is 0. The first-order valence-corrected chi connectivity index (χ1v) is 10.8. The number of hydrogen-bond donors (Lipinski definition) is 0. The Morgan fingerprint density at radius 2 is 1.29 bits per heavy atom. The van der Waals surface area contributed by atoms with Gasteiger partial charge in [-0.2, -0.15) is 0 Å². The van der Waals surface area contributed by atoms with Crippen molar-refractivity contribution in [2.24, 2.45) is 0 Å². The van der Waals surface area contributed by atoms with Crippen LogP contribution in [-0.4, -0.2) is 66.1 Å². The summed E-state index contributed by atoms with van der Waals surface area (Å²) in [4.78, 5) is 4.79. The van der Waals surface area contributed by atoms with Crippen LogP contribution < -0.4 is 23.8 Å². The molecule has 2 aromatic carbocycles. The van der Waals surface area contributed by atoms with Crippen LogP contribution in [0, 0.1) is 0 Å². The van der Waals surface area contributed by atoms with Crippen LogP contribution in [0.5, 0.6) is 23.0 Å². The summed E-state index contributed by atoms with van der Waals surface area (Å²) in [5, 5.41) is 0. The summed E-state index contributed by atoms with van der Waals surface area (Å²) in [5.41, 5.74) is 2.40. The average molecular weight is 431 g/mol. The van der Waals surface area contributed by atoms with Crippen molar-refractivity contribution < 1.29 is 18.9 Å². The number of likely N-dealkylation sites (N-methyl/N-ethyl adjacent to an activating group) is 1. The van der Waals surface area contributed by atoms with E-state index in [0.29, 0.717) is 6.04 Å². The van der Waals surface area contributed by atoms with E-state index < -0.39 is 0 Å². The zero-order valence-electron chi connectivity index (χ0n) is 20.1. The molecule has 0 bridgehead atoms. The van der Waals surface area contributed by atoms with E-state index in [2.05, 4.69) is 55.0 Å². The minimum Gasteiger partial charge on any atom is -0.493 e. The molecule has 0 heterocycles. The number of hydrogen-bond acceptors (Lipinski definition) is 6. The summed E-state index contributed by atoms with van der Waals surface area (Å²) < 4.78 is 21.6. The Morgan fingerprint density at radius 3 is 1.87 bits per heavy atom. The van der Waals surface area contributed by atoms with Gasteiger partial charge in [0, 0.05) is 30.9 Å². The highest BCUT2D eigenvalue weighted by molar-refractivity contribution is 5.56. The molecule has 0 amide bonds. The number of ether oxygens (including phenoxy) is 4. The first kappa shape index (κ1) is 24.7. The van der Waals surface area contributed by atoms with Crippen molar-refractivity contribution in [3.8, 4) is 23.0 Å². The molecular formula is C25H38N2O4. The minimum absolute atomic E-state index is 0.398. The molecule has 2 rings (SSSR count). The Labute approximate surface area is 187 Å². The molecule has 31 heavy (non-hydrogen) atoms. The van der Waals surface area contributed by atoms with Crippen molar-refractivity contribution in [1.82, 2.24) is 4.90 Å². The van der Waals surface area contributed by atoms with Crippen LogP contribution in [0.25, 0.3) is 0 Å². The maximum absolute atomic E-state index is 5.48. The fraction of sp³-hybridized carbons (Fsp3) is 0.520. The third kappa shape index (κ3) is 6.96. The molecule has 0 saturated carbocycles. The maximum Gasteiger partial charge on any atom is 0.162 e. The number of anilines is 1. The molecule has 6 nitrogen and oxygen atoms in total. The van der Waals surface area contributed by atoms with Gasteiger partial charge in [-0.05, 0) is 70.1 Å². The van der Waals surface area contributed by atoms with E-state index in [4.69, 9.17) is 18.9 Å². The average Bonchev–Trinajstić information content (AvgIpc) is 2.79. The quantitative estimate of drug-likeness (QED) is 0.466. The lowest BCUT2D eigenvalue weighted by molar-refractivity contribution is 0.331. The standard InChI is InChI=1S/C25H38N2O4/c1-19(2)27(21-10-12-23(29-5)25(18-21)31-7)15-8-14-26(3)16-13-20-9-11-22(28-4)24(17-20)30-6/h9-12,17-19H,8,13-16H2,1-7H3. The molecule has 0 radical (unpaired) electrons. The molecule has 0 aromatic heterocycles. The van der Waals surface area contributed by atoms with Crippen LogP contribution in [-0.2, 0) is 6.42 Å². The van der Waals surface area contributed by atoms with Crippen LogP contribution in [0.2, 0.25) is 0 Å². The van der Waals surface area contributed by atoms with Crippen molar-refractivity contribution in [3.05, 3.63) is 42.0 Å². The van der Waals surface area contributed by atoms with Gasteiger partial charge >= 0.3 is 0 Å². The van der Waals surface area contributed by atoms with Crippen molar-refractivity contribution in [2.45, 2.75) is 32.7 Å². The van der Waals surface area contributed by atoms with Crippen LogP contribution in [0.3, 0.4) is 0 Å². The zero-order valence-corrected chi connectivity index (χ0v) is 20.1. The van der Waals surface area contributed by atoms with E-state index >= 15 is 0 Å². The molecule has 0 aliphatic heterocycles. The van der Waals surface area contributed by atoms with Gasteiger partial charge in [-0.1, -0.05) is 6.07 Å². The summed E-state index contributed by atoms with van der Waals surface area (Å²) in [6, 6.07) is 12.7. The van der Waals surface area contributed by atoms with E-state index in [9.17, 15) is 0 Å². The van der Waals surface area contributed by atoms with E-state index in [0.717, 1.165) is 61.2 Å². The van der Waals surface area contributed by atoms with Gasteiger partial charge < -0.3 is 28.7 Å². The lowest BCUT2D eigenvalue weighted by Crippen LogP contribution is -2.34. The second-order valence-corrected chi connectivity index (χ2v) is 7.92. The number of nitrogens with zero attached hydrogens (tertiary/aromatic N) is 2. The van der Waals surface area contributed by atoms with Crippen LogP contribution >= 0.6 is 0 Å². The highest BCUT2D eigenvalue weighted by atomic mass is 16.5. The van der Waals surface area contributed by atoms with E-state index in [1.807, 2.05) is 12.1 Å². The molecule has 0 saturated heterocycles. The van der Waals surface area contributed by atoms with Crippen molar-refractivity contribution in [3.63, 3.8) is 0 Å². The predicted molar refractivity (Wildman–Crippen MR) is 127 cm³/mol.